The lowest BCUT2D eigenvalue weighted by molar-refractivity contribution is 0.238. The van der Waals surface area contributed by atoms with Gasteiger partial charge in [-0.15, -0.1) is 0 Å². The summed E-state index contributed by atoms with van der Waals surface area (Å²) in [7, 11) is 0. The molecule has 3 aromatic rings. The summed E-state index contributed by atoms with van der Waals surface area (Å²) in [5.74, 6) is 0. The molecule has 2 N–H and O–H groups in total. The van der Waals surface area contributed by atoms with Gasteiger partial charge in [0.2, 0.25) is 0 Å². The number of rotatable bonds is 5. The number of nitrogens with zero attached hydrogens (tertiary/aromatic N) is 1. The lowest BCUT2D eigenvalue weighted by atomic mass is 10.0. The van der Waals surface area contributed by atoms with E-state index >= 15 is 0 Å². The third-order valence-electron chi connectivity index (χ3n) is 5.06. The summed E-state index contributed by atoms with van der Waals surface area (Å²) in [4.78, 5) is 6.18. The highest BCUT2D eigenvalue weighted by Gasteiger charge is 2.14. The molecule has 2 aromatic carbocycles. The number of hydrogen-bond acceptors (Lipinski definition) is 2. The maximum Gasteiger partial charge on any atom is 0.0497 e. The number of aromatic nitrogens is 1. The van der Waals surface area contributed by atoms with Gasteiger partial charge >= 0.3 is 0 Å². The molecule has 0 amide bonds. The molecular formula is C21H24ClN3. The number of halogens is 1. The number of fused-ring (bicyclic) bond motifs is 1. The minimum Gasteiger partial charge on any atom is -0.354 e. The zero-order valence-corrected chi connectivity index (χ0v) is 15.1. The normalized spacial score (nSPS) is 15.7. The average molecular weight is 354 g/mol. The lowest BCUT2D eigenvalue weighted by Crippen LogP contribution is -2.43. The first-order valence-electron chi connectivity index (χ1n) is 9.10. The molecule has 130 valence electrons. The number of benzene rings is 2. The molecule has 3 nitrogen and oxygen atoms in total. The zero-order valence-electron chi connectivity index (χ0n) is 14.4. The molecule has 1 aliphatic rings. The molecular weight excluding hydrogens is 330 g/mol. The van der Waals surface area contributed by atoms with Gasteiger partial charge in [0.05, 0.1) is 0 Å². The molecule has 2 heterocycles. The molecule has 1 fully saturated rings. The van der Waals surface area contributed by atoms with E-state index in [1.165, 1.54) is 40.7 Å². The van der Waals surface area contributed by atoms with E-state index in [1.807, 2.05) is 12.1 Å². The number of hydrogen-bond donors (Lipinski definition) is 2. The number of para-hydroxylation sites is 1. The largest absolute Gasteiger partial charge is 0.354 e. The number of nitrogens with one attached hydrogen (secondary N) is 2. The van der Waals surface area contributed by atoms with E-state index in [0.29, 0.717) is 0 Å². The third kappa shape index (κ3) is 3.74. The van der Waals surface area contributed by atoms with Crippen molar-refractivity contribution in [2.75, 3.05) is 32.7 Å². The van der Waals surface area contributed by atoms with Crippen LogP contribution in [0.4, 0.5) is 0 Å². The molecule has 0 aliphatic carbocycles. The number of H-pyrrole nitrogens is 1. The quantitative estimate of drug-likeness (QED) is 0.715. The first-order valence-corrected chi connectivity index (χ1v) is 9.48. The molecule has 1 saturated heterocycles. The van der Waals surface area contributed by atoms with Crippen LogP contribution in [0.5, 0.6) is 0 Å². The van der Waals surface area contributed by atoms with Crippen LogP contribution in [0.1, 0.15) is 12.0 Å². The molecule has 0 unspecified atom stereocenters. The van der Waals surface area contributed by atoms with Crippen LogP contribution in [-0.2, 0) is 6.42 Å². The Bertz CT molecular complexity index is 832. The molecule has 1 aliphatic heterocycles. The van der Waals surface area contributed by atoms with E-state index in [-0.39, 0.29) is 0 Å². The molecule has 25 heavy (non-hydrogen) atoms. The monoisotopic (exact) mass is 353 g/mol. The van der Waals surface area contributed by atoms with Crippen molar-refractivity contribution in [1.29, 1.82) is 0 Å². The summed E-state index contributed by atoms with van der Waals surface area (Å²) in [6.45, 7) is 5.73. The van der Waals surface area contributed by atoms with E-state index in [9.17, 15) is 0 Å². The van der Waals surface area contributed by atoms with Crippen molar-refractivity contribution >= 4 is 22.5 Å². The topological polar surface area (TPSA) is 31.1 Å². The van der Waals surface area contributed by atoms with Crippen LogP contribution in [0.3, 0.4) is 0 Å². The van der Waals surface area contributed by atoms with Crippen molar-refractivity contribution in [3.05, 3.63) is 59.1 Å². The van der Waals surface area contributed by atoms with Crippen molar-refractivity contribution < 1.29 is 0 Å². The summed E-state index contributed by atoms with van der Waals surface area (Å²) in [5.41, 5.74) is 5.08. The van der Waals surface area contributed by atoms with Gasteiger partial charge in [0, 0.05) is 47.8 Å². The molecule has 0 atom stereocenters. The smallest absolute Gasteiger partial charge is 0.0497 e. The van der Waals surface area contributed by atoms with E-state index in [0.717, 1.165) is 37.6 Å². The molecule has 0 spiro atoms. The zero-order chi connectivity index (χ0) is 17.1. The second-order valence-electron chi connectivity index (χ2n) is 6.73. The van der Waals surface area contributed by atoms with Gasteiger partial charge in [-0.1, -0.05) is 41.9 Å². The Morgan fingerprint density at radius 2 is 1.72 bits per heavy atom. The van der Waals surface area contributed by atoms with Gasteiger partial charge in [-0.25, -0.2) is 0 Å². The van der Waals surface area contributed by atoms with Gasteiger partial charge in [-0.3, -0.25) is 0 Å². The van der Waals surface area contributed by atoms with E-state index in [4.69, 9.17) is 11.6 Å². The molecule has 0 radical (unpaired) electrons. The Hall–Kier alpha value is -1.81. The first-order chi connectivity index (χ1) is 12.3. The van der Waals surface area contributed by atoms with Crippen molar-refractivity contribution in [2.45, 2.75) is 12.8 Å². The Balaban J connectivity index is 1.59. The maximum atomic E-state index is 6.07. The molecule has 4 heteroatoms. The minimum absolute atomic E-state index is 0.778. The van der Waals surface area contributed by atoms with Crippen LogP contribution >= 0.6 is 11.6 Å². The van der Waals surface area contributed by atoms with E-state index in [1.54, 1.807) is 0 Å². The second kappa shape index (κ2) is 7.61. The number of aryl methyl sites for hydroxylation is 1. The molecule has 0 bridgehead atoms. The van der Waals surface area contributed by atoms with Gasteiger partial charge in [-0.2, -0.15) is 0 Å². The second-order valence-corrected chi connectivity index (χ2v) is 7.16. The Morgan fingerprint density at radius 3 is 2.52 bits per heavy atom. The molecule has 4 rings (SSSR count). The fourth-order valence-electron chi connectivity index (χ4n) is 3.74. The maximum absolute atomic E-state index is 6.07. The van der Waals surface area contributed by atoms with Gasteiger partial charge in [0.1, 0.15) is 0 Å². The summed E-state index contributed by atoms with van der Waals surface area (Å²) >= 11 is 6.07. The predicted octanol–water partition coefficient (Wildman–Crippen LogP) is 4.33. The summed E-state index contributed by atoms with van der Waals surface area (Å²) < 4.78 is 0. The Kier molecular flexibility index (Phi) is 5.07. The van der Waals surface area contributed by atoms with Gasteiger partial charge in [-0.05, 0) is 48.7 Å². The van der Waals surface area contributed by atoms with Gasteiger partial charge in [0.25, 0.3) is 0 Å². The van der Waals surface area contributed by atoms with Crippen LogP contribution < -0.4 is 5.32 Å². The van der Waals surface area contributed by atoms with Crippen LogP contribution in [-0.4, -0.2) is 42.6 Å². The standard InChI is InChI=1S/C21H24ClN3/c22-17-9-7-16(8-10-17)21-19(18-4-1-2-6-20(18)24-21)5-3-13-25-14-11-23-12-15-25/h1-2,4,6-10,23-24H,3,5,11-15H2. The van der Waals surface area contributed by atoms with Crippen molar-refractivity contribution in [3.8, 4) is 11.3 Å². The third-order valence-corrected chi connectivity index (χ3v) is 5.31. The van der Waals surface area contributed by atoms with Crippen molar-refractivity contribution in [3.63, 3.8) is 0 Å². The highest BCUT2D eigenvalue weighted by Crippen LogP contribution is 2.32. The lowest BCUT2D eigenvalue weighted by Gasteiger charge is -2.27. The van der Waals surface area contributed by atoms with Crippen LogP contribution in [0, 0.1) is 0 Å². The summed E-state index contributed by atoms with van der Waals surface area (Å²) in [6.07, 6.45) is 2.27. The highest BCUT2D eigenvalue weighted by molar-refractivity contribution is 6.30. The minimum atomic E-state index is 0.778. The fraction of sp³-hybridized carbons (Fsp3) is 0.333. The predicted molar refractivity (Wildman–Crippen MR) is 106 cm³/mol. The van der Waals surface area contributed by atoms with Gasteiger partial charge in [0.15, 0.2) is 0 Å². The molecule has 0 saturated carbocycles. The Labute approximate surface area is 154 Å². The van der Waals surface area contributed by atoms with Crippen molar-refractivity contribution in [2.24, 2.45) is 0 Å². The molecule has 1 aromatic heterocycles. The van der Waals surface area contributed by atoms with E-state index < -0.39 is 0 Å². The highest BCUT2D eigenvalue weighted by atomic mass is 35.5. The van der Waals surface area contributed by atoms with Gasteiger partial charge < -0.3 is 15.2 Å². The van der Waals surface area contributed by atoms with Crippen LogP contribution in [0.25, 0.3) is 22.2 Å². The fourth-order valence-corrected chi connectivity index (χ4v) is 3.86. The SMILES string of the molecule is Clc1ccc(-c2[nH]c3ccccc3c2CCCN2CCNCC2)cc1. The summed E-state index contributed by atoms with van der Waals surface area (Å²) in [5, 5.41) is 5.54. The number of piperazine rings is 1. The van der Waals surface area contributed by atoms with Crippen molar-refractivity contribution in [1.82, 2.24) is 15.2 Å². The van der Waals surface area contributed by atoms with E-state index in [2.05, 4.69) is 51.6 Å². The Morgan fingerprint density at radius 1 is 0.960 bits per heavy atom. The van der Waals surface area contributed by atoms with Crippen LogP contribution in [0.2, 0.25) is 5.02 Å². The first kappa shape index (κ1) is 16.6. The van der Waals surface area contributed by atoms with Crippen LogP contribution in [0.15, 0.2) is 48.5 Å². The number of aromatic amines is 1. The average Bonchev–Trinajstić information content (AvgIpc) is 3.02. The summed E-state index contributed by atoms with van der Waals surface area (Å²) in [6, 6.07) is 16.7.